The van der Waals surface area contributed by atoms with Crippen LogP contribution in [0.3, 0.4) is 0 Å². The highest BCUT2D eigenvalue weighted by atomic mass is 16.2. The minimum atomic E-state index is 0.219. The summed E-state index contributed by atoms with van der Waals surface area (Å²) in [6, 6.07) is 10.4. The molecule has 7 nitrogen and oxygen atoms in total. The normalized spacial score (nSPS) is 17.2. The maximum absolute atomic E-state index is 11.9. The fourth-order valence-electron chi connectivity index (χ4n) is 3.23. The lowest BCUT2D eigenvalue weighted by Crippen LogP contribution is -2.45. The number of carbonyl (C=O) groups is 1. The Morgan fingerprint density at radius 3 is 2.96 bits per heavy atom. The summed E-state index contributed by atoms with van der Waals surface area (Å²) in [5, 5.41) is 11.0. The molecule has 0 aliphatic carbocycles. The van der Waals surface area contributed by atoms with Gasteiger partial charge in [0.05, 0.1) is 12.2 Å². The fraction of sp³-hybridized carbons (Fsp3) is 0.450. The van der Waals surface area contributed by atoms with Gasteiger partial charge in [-0.2, -0.15) is 5.10 Å². The van der Waals surface area contributed by atoms with Crippen molar-refractivity contribution in [2.75, 3.05) is 19.6 Å². The van der Waals surface area contributed by atoms with Crippen LogP contribution >= 0.6 is 0 Å². The molecule has 2 aromatic rings. The van der Waals surface area contributed by atoms with Crippen LogP contribution in [0.5, 0.6) is 0 Å². The quantitative estimate of drug-likeness (QED) is 0.604. The van der Waals surface area contributed by atoms with Gasteiger partial charge in [-0.05, 0) is 37.1 Å². The largest absolute Gasteiger partial charge is 0.357 e. The van der Waals surface area contributed by atoms with Gasteiger partial charge < -0.3 is 15.5 Å². The van der Waals surface area contributed by atoms with Gasteiger partial charge in [-0.25, -0.2) is 9.67 Å². The summed E-state index contributed by atoms with van der Waals surface area (Å²) in [7, 11) is 0. The molecule has 0 radical (unpaired) electrons. The Bertz CT molecular complexity index is 771. The van der Waals surface area contributed by atoms with Crippen molar-refractivity contribution in [3.05, 3.63) is 48.3 Å². The molecule has 1 fully saturated rings. The summed E-state index contributed by atoms with van der Waals surface area (Å²) in [6.45, 7) is 6.89. The molecule has 1 saturated heterocycles. The number of carbonyl (C=O) groups excluding carboxylic acids is 1. The summed E-state index contributed by atoms with van der Waals surface area (Å²) in [4.78, 5) is 18.5. The number of nitrogens with one attached hydrogen (secondary N) is 2. The second-order valence-electron chi connectivity index (χ2n) is 6.64. The smallest absolute Gasteiger partial charge is 0.222 e. The first-order valence-electron chi connectivity index (χ1n) is 9.61. The Morgan fingerprint density at radius 2 is 2.22 bits per heavy atom. The standard InChI is InChI=1S/C20H28N6O/c1-3-19(27)25-12-9-17(15-25)24-20(21-4-2)22-14-16-7-5-8-18(13-16)26-11-6-10-23-26/h5-8,10-11,13,17H,3-4,9,12,14-15H2,1-2H3,(H2,21,22,24). The van der Waals surface area contributed by atoms with Crippen molar-refractivity contribution < 1.29 is 4.79 Å². The lowest BCUT2D eigenvalue weighted by atomic mass is 10.2. The molecule has 1 aliphatic heterocycles. The predicted molar refractivity (Wildman–Crippen MR) is 107 cm³/mol. The highest BCUT2D eigenvalue weighted by Crippen LogP contribution is 2.12. The molecule has 7 heteroatoms. The van der Waals surface area contributed by atoms with Crippen molar-refractivity contribution in [2.45, 2.75) is 39.3 Å². The Hall–Kier alpha value is -2.83. The number of guanidine groups is 1. The topological polar surface area (TPSA) is 74.6 Å². The number of nitrogens with zero attached hydrogens (tertiary/aromatic N) is 4. The molecular weight excluding hydrogens is 340 g/mol. The number of likely N-dealkylation sites (tertiary alicyclic amines) is 1. The first-order valence-corrected chi connectivity index (χ1v) is 9.61. The van der Waals surface area contributed by atoms with Crippen molar-refractivity contribution in [2.24, 2.45) is 4.99 Å². The Labute approximate surface area is 160 Å². The van der Waals surface area contributed by atoms with E-state index in [0.29, 0.717) is 13.0 Å². The maximum atomic E-state index is 11.9. The van der Waals surface area contributed by atoms with E-state index in [0.717, 1.165) is 43.3 Å². The number of hydrogen-bond acceptors (Lipinski definition) is 3. The fourth-order valence-corrected chi connectivity index (χ4v) is 3.23. The minimum absolute atomic E-state index is 0.219. The average molecular weight is 368 g/mol. The second-order valence-corrected chi connectivity index (χ2v) is 6.64. The first kappa shape index (κ1) is 18.9. The highest BCUT2D eigenvalue weighted by Gasteiger charge is 2.25. The van der Waals surface area contributed by atoms with Crippen molar-refractivity contribution in [1.82, 2.24) is 25.3 Å². The van der Waals surface area contributed by atoms with Gasteiger partial charge >= 0.3 is 0 Å². The van der Waals surface area contributed by atoms with Crippen LogP contribution in [0.25, 0.3) is 5.69 Å². The van der Waals surface area contributed by atoms with E-state index in [2.05, 4.69) is 34.8 Å². The van der Waals surface area contributed by atoms with E-state index in [1.165, 1.54) is 0 Å². The van der Waals surface area contributed by atoms with E-state index in [4.69, 9.17) is 4.99 Å². The van der Waals surface area contributed by atoms with Gasteiger partial charge in [0, 0.05) is 44.5 Å². The predicted octanol–water partition coefficient (Wildman–Crippen LogP) is 1.94. The van der Waals surface area contributed by atoms with Crippen LogP contribution in [0, 0.1) is 0 Å². The van der Waals surface area contributed by atoms with E-state index < -0.39 is 0 Å². The van der Waals surface area contributed by atoms with E-state index in [-0.39, 0.29) is 11.9 Å². The third-order valence-electron chi connectivity index (χ3n) is 4.63. The maximum Gasteiger partial charge on any atom is 0.222 e. The van der Waals surface area contributed by atoms with Crippen molar-refractivity contribution in [1.29, 1.82) is 0 Å². The molecule has 1 unspecified atom stereocenters. The van der Waals surface area contributed by atoms with Gasteiger partial charge in [-0.15, -0.1) is 0 Å². The molecule has 1 aromatic heterocycles. The molecule has 2 N–H and O–H groups in total. The summed E-state index contributed by atoms with van der Waals surface area (Å²) in [5.41, 5.74) is 2.14. The molecule has 1 amide bonds. The van der Waals surface area contributed by atoms with Gasteiger partial charge in [-0.1, -0.05) is 19.1 Å². The number of benzene rings is 1. The zero-order valence-corrected chi connectivity index (χ0v) is 16.1. The third-order valence-corrected chi connectivity index (χ3v) is 4.63. The summed E-state index contributed by atoms with van der Waals surface area (Å²) in [5.74, 6) is 1.01. The minimum Gasteiger partial charge on any atom is -0.357 e. The summed E-state index contributed by atoms with van der Waals surface area (Å²) >= 11 is 0. The van der Waals surface area contributed by atoms with Crippen LogP contribution in [0.1, 0.15) is 32.3 Å². The van der Waals surface area contributed by atoms with E-state index in [1.54, 1.807) is 6.20 Å². The Kier molecular flexibility index (Phi) is 6.46. The second kappa shape index (κ2) is 9.21. The molecule has 0 bridgehead atoms. The molecule has 27 heavy (non-hydrogen) atoms. The van der Waals surface area contributed by atoms with Gasteiger partial charge in [-0.3, -0.25) is 4.79 Å². The van der Waals surface area contributed by atoms with Gasteiger partial charge in [0.25, 0.3) is 0 Å². The number of amides is 1. The Morgan fingerprint density at radius 1 is 1.33 bits per heavy atom. The lowest BCUT2D eigenvalue weighted by Gasteiger charge is -2.18. The van der Waals surface area contributed by atoms with Gasteiger partial charge in [0.15, 0.2) is 5.96 Å². The molecule has 1 aromatic carbocycles. The molecule has 1 atom stereocenters. The van der Waals surface area contributed by atoms with Crippen molar-refractivity contribution in [3.8, 4) is 5.69 Å². The highest BCUT2D eigenvalue weighted by molar-refractivity contribution is 5.80. The van der Waals surface area contributed by atoms with Crippen molar-refractivity contribution in [3.63, 3.8) is 0 Å². The zero-order chi connectivity index (χ0) is 19.1. The SMILES string of the molecule is CCNC(=NCc1cccc(-n2cccn2)c1)NC1CCN(C(=O)CC)C1. The summed E-state index contributed by atoms with van der Waals surface area (Å²) in [6.07, 6.45) is 5.21. The van der Waals surface area contributed by atoms with Crippen LogP contribution in [0.2, 0.25) is 0 Å². The summed E-state index contributed by atoms with van der Waals surface area (Å²) < 4.78 is 1.84. The molecular formula is C20H28N6O. The third kappa shape index (κ3) is 5.09. The van der Waals surface area contributed by atoms with Crippen LogP contribution in [-0.4, -0.2) is 52.2 Å². The van der Waals surface area contributed by atoms with Crippen molar-refractivity contribution >= 4 is 11.9 Å². The van der Waals surface area contributed by atoms with Crippen LogP contribution in [0.15, 0.2) is 47.7 Å². The Balaban J connectivity index is 1.63. The van der Waals surface area contributed by atoms with Gasteiger partial charge in [0.1, 0.15) is 0 Å². The molecule has 0 spiro atoms. The molecule has 0 saturated carbocycles. The molecule has 3 rings (SSSR count). The van der Waals surface area contributed by atoms with Crippen LogP contribution in [-0.2, 0) is 11.3 Å². The molecule has 1 aliphatic rings. The number of aliphatic imine (C=N–C) groups is 1. The number of hydrogen-bond donors (Lipinski definition) is 2. The molecule has 144 valence electrons. The van der Waals surface area contributed by atoms with Crippen LogP contribution < -0.4 is 10.6 Å². The first-order chi connectivity index (χ1) is 13.2. The van der Waals surface area contributed by atoms with Gasteiger partial charge in [0.2, 0.25) is 5.91 Å². The van der Waals surface area contributed by atoms with E-state index >= 15 is 0 Å². The lowest BCUT2D eigenvalue weighted by molar-refractivity contribution is -0.129. The zero-order valence-electron chi connectivity index (χ0n) is 16.1. The average Bonchev–Trinajstić information content (AvgIpc) is 3.38. The number of aromatic nitrogens is 2. The monoisotopic (exact) mass is 368 g/mol. The van der Waals surface area contributed by atoms with E-state index in [9.17, 15) is 4.79 Å². The number of rotatable bonds is 6. The van der Waals surface area contributed by atoms with E-state index in [1.807, 2.05) is 40.9 Å². The van der Waals surface area contributed by atoms with Crippen LogP contribution in [0.4, 0.5) is 0 Å². The molecule has 2 heterocycles.